The van der Waals surface area contributed by atoms with Crippen molar-refractivity contribution >= 4 is 0 Å². The summed E-state index contributed by atoms with van der Waals surface area (Å²) >= 11 is 0. The number of hydrogen-bond donors (Lipinski definition) is 11. The summed E-state index contributed by atoms with van der Waals surface area (Å²) in [6.45, 7) is 7.37. The van der Waals surface area contributed by atoms with Crippen molar-refractivity contribution in [2.75, 3.05) is 19.8 Å². The lowest BCUT2D eigenvalue weighted by atomic mass is 9.42. The van der Waals surface area contributed by atoms with Gasteiger partial charge in [-0.25, -0.2) is 0 Å². The van der Waals surface area contributed by atoms with E-state index >= 15 is 0 Å². The molecule has 0 radical (unpaired) electrons. The molecule has 16 heteroatoms. The molecule has 7 aliphatic rings. The molecule has 16 nitrogen and oxygen atoms in total. The van der Waals surface area contributed by atoms with Gasteiger partial charge in [0.05, 0.1) is 43.7 Å². The zero-order chi connectivity index (χ0) is 40.0. The molecule has 0 spiro atoms. The van der Waals surface area contributed by atoms with Crippen molar-refractivity contribution < 1.29 is 79.9 Å². The third-order valence-corrected chi connectivity index (χ3v) is 16.1. The van der Waals surface area contributed by atoms with Crippen LogP contribution >= 0.6 is 0 Å². The van der Waals surface area contributed by atoms with Gasteiger partial charge in [-0.1, -0.05) is 27.7 Å². The van der Waals surface area contributed by atoms with Gasteiger partial charge in [-0.05, 0) is 73.5 Å². The Morgan fingerprint density at radius 3 is 2.02 bits per heavy atom. The fraction of sp³-hybridized carbons (Fsp3) is 1.00. The van der Waals surface area contributed by atoms with Crippen LogP contribution in [0.3, 0.4) is 0 Å². The van der Waals surface area contributed by atoms with E-state index in [-0.39, 0.29) is 66.5 Å². The van der Waals surface area contributed by atoms with Gasteiger partial charge in [-0.3, -0.25) is 0 Å². The quantitative estimate of drug-likeness (QED) is 0.112. The van der Waals surface area contributed by atoms with E-state index in [2.05, 4.69) is 13.8 Å². The van der Waals surface area contributed by atoms with Crippen molar-refractivity contribution in [2.24, 2.45) is 46.3 Å². The summed E-state index contributed by atoms with van der Waals surface area (Å²) < 4.78 is 29.5. The highest BCUT2D eigenvalue weighted by Crippen LogP contribution is 2.71. The van der Waals surface area contributed by atoms with Gasteiger partial charge in [0.1, 0.15) is 48.8 Å². The Balaban J connectivity index is 0.967. The van der Waals surface area contributed by atoms with E-state index < -0.39 is 104 Å². The number of rotatable bonds is 10. The van der Waals surface area contributed by atoms with Crippen molar-refractivity contribution in [3.63, 3.8) is 0 Å². The molecular formula is C39H66O16. The second kappa shape index (κ2) is 15.4. The van der Waals surface area contributed by atoms with Crippen molar-refractivity contribution in [3.8, 4) is 0 Å². The molecule has 4 aliphatic carbocycles. The average molecular weight is 791 g/mol. The summed E-state index contributed by atoms with van der Waals surface area (Å²) in [5.41, 5.74) is -2.21. The first-order valence-corrected chi connectivity index (χ1v) is 20.5. The van der Waals surface area contributed by atoms with E-state index in [1.165, 1.54) is 0 Å². The molecule has 318 valence electrons. The van der Waals surface area contributed by atoms with Crippen LogP contribution in [0.25, 0.3) is 0 Å². The lowest BCUT2D eigenvalue weighted by molar-refractivity contribution is -0.330. The fourth-order valence-electron chi connectivity index (χ4n) is 12.7. The normalized spacial score (nSPS) is 57.0. The van der Waals surface area contributed by atoms with Crippen molar-refractivity contribution in [3.05, 3.63) is 0 Å². The molecule has 0 aromatic heterocycles. The maximum atomic E-state index is 12.4. The van der Waals surface area contributed by atoms with E-state index in [0.29, 0.717) is 19.3 Å². The van der Waals surface area contributed by atoms with E-state index in [9.17, 15) is 56.2 Å². The molecule has 7 fully saturated rings. The molecule has 55 heavy (non-hydrogen) atoms. The summed E-state index contributed by atoms with van der Waals surface area (Å²) in [5, 5.41) is 117. The van der Waals surface area contributed by atoms with E-state index in [4.69, 9.17) is 23.7 Å². The standard InChI is InChI=1S/C39H66O16/c1-17(16-51-34-32(47)30(45)28(43)24(14-40)53-34)5-10-39(50)18(2)27-23(55-39)12-22-20-6-9-38(49)13-19(52-35-33(48)31(46)29(44)25(15-41)54-35)11-26(42)37(38,4)21(20)7-8-36(22,27)3/h17-35,40-50H,5-16H2,1-4H3. The molecule has 0 bridgehead atoms. The average Bonchev–Trinajstić information content (AvgIpc) is 3.58. The largest absolute Gasteiger partial charge is 0.394 e. The summed E-state index contributed by atoms with van der Waals surface area (Å²) in [5.74, 6) is -0.912. The van der Waals surface area contributed by atoms with E-state index in [1.54, 1.807) is 0 Å². The lowest BCUT2D eigenvalue weighted by Crippen LogP contribution is -2.68. The highest BCUT2D eigenvalue weighted by Gasteiger charge is 2.71. The molecular weight excluding hydrogens is 724 g/mol. The maximum absolute atomic E-state index is 12.4. The SMILES string of the molecule is CC(CCC1(O)OC2CC3C4CCC5(O)CC(OC6OC(CO)C(O)C(O)C6O)CC(O)C5(C)C4CCC3(C)C2C1C)COC1OC(CO)C(O)C(O)C1O. The fourth-order valence-corrected chi connectivity index (χ4v) is 12.7. The minimum Gasteiger partial charge on any atom is -0.394 e. The van der Waals surface area contributed by atoms with Crippen LogP contribution in [0.15, 0.2) is 0 Å². The predicted octanol–water partition coefficient (Wildman–Crippen LogP) is -1.52. The number of fused-ring (bicyclic) bond motifs is 7. The molecule has 4 saturated carbocycles. The van der Waals surface area contributed by atoms with E-state index in [1.807, 2.05) is 13.8 Å². The van der Waals surface area contributed by atoms with Gasteiger partial charge in [-0.2, -0.15) is 0 Å². The Bertz CT molecular complexity index is 1340. The third kappa shape index (κ3) is 6.85. The van der Waals surface area contributed by atoms with Gasteiger partial charge >= 0.3 is 0 Å². The predicted molar refractivity (Wildman–Crippen MR) is 189 cm³/mol. The molecule has 0 amide bonds. The molecule has 0 aromatic rings. The molecule has 0 aromatic carbocycles. The Morgan fingerprint density at radius 1 is 0.764 bits per heavy atom. The first-order valence-electron chi connectivity index (χ1n) is 20.5. The summed E-state index contributed by atoms with van der Waals surface area (Å²) in [6.07, 6.45) is -10.7. The minimum atomic E-state index is -1.59. The van der Waals surface area contributed by atoms with Crippen molar-refractivity contribution in [1.29, 1.82) is 0 Å². The van der Waals surface area contributed by atoms with Crippen LogP contribution in [0.1, 0.15) is 85.5 Å². The summed E-state index contributed by atoms with van der Waals surface area (Å²) in [4.78, 5) is 0. The topological polar surface area (TPSA) is 269 Å². The van der Waals surface area contributed by atoms with Gasteiger partial charge in [0.2, 0.25) is 0 Å². The van der Waals surface area contributed by atoms with Gasteiger partial charge < -0.3 is 79.9 Å². The minimum absolute atomic E-state index is 0.0325. The summed E-state index contributed by atoms with van der Waals surface area (Å²) in [7, 11) is 0. The van der Waals surface area contributed by atoms with Gasteiger partial charge in [-0.15, -0.1) is 0 Å². The van der Waals surface area contributed by atoms with E-state index in [0.717, 1.165) is 25.7 Å². The first-order chi connectivity index (χ1) is 25.8. The molecule has 11 N–H and O–H groups in total. The molecule has 3 aliphatic heterocycles. The first kappa shape index (κ1) is 42.5. The Labute approximate surface area is 322 Å². The Hall–Kier alpha value is -0.640. The monoisotopic (exact) mass is 790 g/mol. The molecule has 23 unspecified atom stereocenters. The number of hydrogen-bond acceptors (Lipinski definition) is 16. The van der Waals surface area contributed by atoms with Crippen molar-refractivity contribution in [2.45, 2.75) is 177 Å². The van der Waals surface area contributed by atoms with Gasteiger partial charge in [0.25, 0.3) is 0 Å². The zero-order valence-electron chi connectivity index (χ0n) is 32.4. The number of ether oxygens (including phenoxy) is 5. The zero-order valence-corrected chi connectivity index (χ0v) is 32.4. The molecule has 7 rings (SSSR count). The highest BCUT2D eigenvalue weighted by molar-refractivity contribution is 5.19. The second-order valence-corrected chi connectivity index (χ2v) is 18.9. The second-order valence-electron chi connectivity index (χ2n) is 18.9. The van der Waals surface area contributed by atoms with Crippen LogP contribution in [0, 0.1) is 46.3 Å². The molecule has 3 heterocycles. The number of aliphatic hydroxyl groups excluding tert-OH is 9. The van der Waals surface area contributed by atoms with Gasteiger partial charge in [0.15, 0.2) is 18.4 Å². The van der Waals surface area contributed by atoms with Crippen LogP contribution in [0.5, 0.6) is 0 Å². The molecule has 3 saturated heterocycles. The van der Waals surface area contributed by atoms with Crippen LogP contribution in [0.4, 0.5) is 0 Å². The van der Waals surface area contributed by atoms with Crippen LogP contribution in [-0.4, -0.2) is 167 Å². The van der Waals surface area contributed by atoms with Crippen LogP contribution < -0.4 is 0 Å². The lowest BCUT2D eigenvalue weighted by Gasteiger charge is -2.65. The van der Waals surface area contributed by atoms with Gasteiger partial charge in [0, 0.05) is 30.6 Å². The molecule has 23 atom stereocenters. The Morgan fingerprint density at radius 2 is 1.38 bits per heavy atom. The number of aliphatic hydroxyl groups is 11. The van der Waals surface area contributed by atoms with Crippen LogP contribution in [0.2, 0.25) is 0 Å². The maximum Gasteiger partial charge on any atom is 0.186 e. The summed E-state index contributed by atoms with van der Waals surface area (Å²) in [6, 6.07) is 0. The third-order valence-electron chi connectivity index (χ3n) is 16.1. The Kier molecular flexibility index (Phi) is 11.9. The van der Waals surface area contributed by atoms with Crippen molar-refractivity contribution in [1.82, 2.24) is 0 Å². The highest BCUT2D eigenvalue weighted by atomic mass is 16.7. The smallest absolute Gasteiger partial charge is 0.186 e. The van der Waals surface area contributed by atoms with Crippen LogP contribution in [-0.2, 0) is 23.7 Å².